The zero-order valence-corrected chi connectivity index (χ0v) is 11.7. The van der Waals surface area contributed by atoms with Crippen molar-refractivity contribution in [1.82, 2.24) is 0 Å². The van der Waals surface area contributed by atoms with E-state index in [2.05, 4.69) is 6.92 Å². The van der Waals surface area contributed by atoms with E-state index in [1.165, 1.54) is 0 Å². The Morgan fingerprint density at radius 1 is 1.06 bits per heavy atom. The van der Waals surface area contributed by atoms with Gasteiger partial charge >= 0.3 is 0 Å². The van der Waals surface area contributed by atoms with Gasteiger partial charge in [-0.1, -0.05) is 19.8 Å². The molecule has 1 unspecified atom stereocenters. The van der Waals surface area contributed by atoms with Crippen molar-refractivity contribution in [3.8, 4) is 17.2 Å². The second kappa shape index (κ2) is 7.11. The van der Waals surface area contributed by atoms with Gasteiger partial charge in [-0.3, -0.25) is 0 Å². The summed E-state index contributed by atoms with van der Waals surface area (Å²) in [6.45, 7) is 2.15. The van der Waals surface area contributed by atoms with E-state index in [1.54, 1.807) is 21.3 Å². The number of unbranched alkanes of at least 4 members (excludes halogenated alkanes) is 1. The van der Waals surface area contributed by atoms with E-state index in [1.807, 2.05) is 12.1 Å². The maximum atomic E-state index is 6.22. The van der Waals surface area contributed by atoms with Gasteiger partial charge in [-0.05, 0) is 6.42 Å². The maximum Gasteiger partial charge on any atom is 0.131 e. The van der Waals surface area contributed by atoms with E-state index in [0.29, 0.717) is 5.75 Å². The fraction of sp³-hybridized carbons (Fsp3) is 0.571. The lowest BCUT2D eigenvalue weighted by atomic mass is 9.99. The van der Waals surface area contributed by atoms with Gasteiger partial charge in [-0.25, -0.2) is 0 Å². The Kier molecular flexibility index (Phi) is 5.78. The normalized spacial score (nSPS) is 12.1. The van der Waals surface area contributed by atoms with Crippen LogP contribution in [0.25, 0.3) is 0 Å². The monoisotopic (exact) mass is 253 g/mol. The highest BCUT2D eigenvalue weighted by atomic mass is 16.5. The van der Waals surface area contributed by atoms with Crippen molar-refractivity contribution in [2.75, 3.05) is 21.3 Å². The highest BCUT2D eigenvalue weighted by molar-refractivity contribution is 5.52. The average molecular weight is 253 g/mol. The van der Waals surface area contributed by atoms with Crippen LogP contribution in [0.5, 0.6) is 17.2 Å². The van der Waals surface area contributed by atoms with Gasteiger partial charge in [-0.2, -0.15) is 0 Å². The van der Waals surface area contributed by atoms with Gasteiger partial charge in [0.15, 0.2) is 0 Å². The Morgan fingerprint density at radius 3 is 2.00 bits per heavy atom. The van der Waals surface area contributed by atoms with Crippen molar-refractivity contribution in [2.45, 2.75) is 32.2 Å². The molecule has 1 rings (SSSR count). The largest absolute Gasteiger partial charge is 0.496 e. The molecule has 0 fully saturated rings. The van der Waals surface area contributed by atoms with Gasteiger partial charge in [0.05, 0.1) is 26.9 Å². The van der Waals surface area contributed by atoms with Crippen LogP contribution in [0.3, 0.4) is 0 Å². The Bertz CT molecular complexity index is 354. The molecule has 0 aliphatic carbocycles. The van der Waals surface area contributed by atoms with Crippen molar-refractivity contribution in [1.29, 1.82) is 0 Å². The molecule has 0 aliphatic rings. The molecule has 0 saturated heterocycles. The molecule has 4 heteroatoms. The van der Waals surface area contributed by atoms with E-state index in [-0.39, 0.29) is 6.04 Å². The van der Waals surface area contributed by atoms with Crippen LogP contribution in [0.4, 0.5) is 0 Å². The molecule has 0 radical (unpaired) electrons. The zero-order chi connectivity index (χ0) is 13.5. The molecule has 0 heterocycles. The first-order chi connectivity index (χ1) is 8.67. The molecule has 0 spiro atoms. The Hall–Kier alpha value is -1.42. The molecule has 1 aromatic carbocycles. The maximum absolute atomic E-state index is 6.22. The van der Waals surface area contributed by atoms with Crippen LogP contribution in [0, 0.1) is 0 Å². The molecule has 2 N–H and O–H groups in total. The smallest absolute Gasteiger partial charge is 0.131 e. The topological polar surface area (TPSA) is 53.7 Å². The van der Waals surface area contributed by atoms with Gasteiger partial charge in [0.1, 0.15) is 17.2 Å². The van der Waals surface area contributed by atoms with Crippen molar-refractivity contribution in [3.63, 3.8) is 0 Å². The number of nitrogens with two attached hydrogens (primary N) is 1. The Labute approximate surface area is 109 Å². The average Bonchev–Trinajstić information content (AvgIpc) is 2.42. The summed E-state index contributed by atoms with van der Waals surface area (Å²) in [6.07, 6.45) is 3.11. The first-order valence-corrected chi connectivity index (χ1v) is 6.23. The van der Waals surface area contributed by atoms with Crippen molar-refractivity contribution in [2.24, 2.45) is 5.73 Å². The van der Waals surface area contributed by atoms with Crippen molar-refractivity contribution < 1.29 is 14.2 Å². The van der Waals surface area contributed by atoms with E-state index in [9.17, 15) is 0 Å². The molecule has 102 valence electrons. The predicted octanol–water partition coefficient (Wildman–Crippen LogP) is 2.90. The zero-order valence-electron chi connectivity index (χ0n) is 11.7. The highest BCUT2D eigenvalue weighted by Gasteiger charge is 2.19. The molecule has 1 aromatic rings. The van der Waals surface area contributed by atoms with Crippen LogP contribution in [0.15, 0.2) is 12.1 Å². The van der Waals surface area contributed by atoms with Gasteiger partial charge in [0.2, 0.25) is 0 Å². The fourth-order valence-electron chi connectivity index (χ4n) is 1.97. The minimum absolute atomic E-state index is 0.0826. The molecule has 18 heavy (non-hydrogen) atoms. The predicted molar refractivity (Wildman–Crippen MR) is 72.6 cm³/mol. The molecule has 0 amide bonds. The summed E-state index contributed by atoms with van der Waals surface area (Å²) in [6, 6.07) is 3.59. The standard InChI is InChI=1S/C14H23NO3/c1-5-6-7-11(15)14-12(17-3)8-10(16-2)9-13(14)18-4/h8-9,11H,5-7,15H2,1-4H3. The lowest BCUT2D eigenvalue weighted by molar-refractivity contribution is 0.362. The molecule has 0 bridgehead atoms. The third-order valence-electron chi connectivity index (χ3n) is 2.99. The first kappa shape index (κ1) is 14.6. The van der Waals surface area contributed by atoms with E-state index < -0.39 is 0 Å². The molecule has 1 atom stereocenters. The van der Waals surface area contributed by atoms with E-state index in [0.717, 1.165) is 36.3 Å². The number of hydrogen-bond donors (Lipinski definition) is 1. The number of ether oxygens (including phenoxy) is 3. The minimum Gasteiger partial charge on any atom is -0.496 e. The molecular formula is C14H23NO3. The molecular weight excluding hydrogens is 230 g/mol. The first-order valence-electron chi connectivity index (χ1n) is 6.23. The summed E-state index contributed by atoms with van der Waals surface area (Å²) in [5.74, 6) is 2.14. The third kappa shape index (κ3) is 3.29. The summed E-state index contributed by atoms with van der Waals surface area (Å²) in [5, 5.41) is 0. The lowest BCUT2D eigenvalue weighted by Crippen LogP contribution is -2.13. The SMILES string of the molecule is CCCCC(N)c1c(OC)cc(OC)cc1OC. The minimum atomic E-state index is -0.0826. The molecule has 0 aliphatic heterocycles. The summed E-state index contributed by atoms with van der Waals surface area (Å²) >= 11 is 0. The van der Waals surface area contributed by atoms with Crippen LogP contribution in [-0.4, -0.2) is 21.3 Å². The second-order valence-corrected chi connectivity index (χ2v) is 4.19. The van der Waals surface area contributed by atoms with Gasteiger partial charge in [0.25, 0.3) is 0 Å². The summed E-state index contributed by atoms with van der Waals surface area (Å²) in [4.78, 5) is 0. The molecule has 4 nitrogen and oxygen atoms in total. The van der Waals surface area contributed by atoms with Crippen LogP contribution in [-0.2, 0) is 0 Å². The van der Waals surface area contributed by atoms with Gasteiger partial charge in [0, 0.05) is 18.2 Å². The van der Waals surface area contributed by atoms with Crippen LogP contribution in [0.1, 0.15) is 37.8 Å². The number of methoxy groups -OCH3 is 3. The highest BCUT2D eigenvalue weighted by Crippen LogP contribution is 2.38. The fourth-order valence-corrected chi connectivity index (χ4v) is 1.97. The summed E-state index contributed by atoms with van der Waals surface area (Å²) in [7, 11) is 4.87. The molecule has 0 aromatic heterocycles. The molecule has 0 saturated carbocycles. The van der Waals surface area contributed by atoms with Crippen molar-refractivity contribution >= 4 is 0 Å². The van der Waals surface area contributed by atoms with E-state index >= 15 is 0 Å². The summed E-state index contributed by atoms with van der Waals surface area (Å²) in [5.41, 5.74) is 7.14. The van der Waals surface area contributed by atoms with Crippen molar-refractivity contribution in [3.05, 3.63) is 17.7 Å². The lowest BCUT2D eigenvalue weighted by Gasteiger charge is -2.19. The quantitative estimate of drug-likeness (QED) is 0.811. The van der Waals surface area contributed by atoms with Gasteiger partial charge in [-0.15, -0.1) is 0 Å². The number of hydrogen-bond acceptors (Lipinski definition) is 4. The number of benzene rings is 1. The van der Waals surface area contributed by atoms with Gasteiger partial charge < -0.3 is 19.9 Å². The Morgan fingerprint density at radius 2 is 1.61 bits per heavy atom. The Balaban J connectivity index is 3.13. The number of rotatable bonds is 7. The second-order valence-electron chi connectivity index (χ2n) is 4.19. The van der Waals surface area contributed by atoms with E-state index in [4.69, 9.17) is 19.9 Å². The van der Waals surface area contributed by atoms with Crippen LogP contribution >= 0.6 is 0 Å². The van der Waals surface area contributed by atoms with Crippen LogP contribution < -0.4 is 19.9 Å². The van der Waals surface area contributed by atoms with Crippen LogP contribution in [0.2, 0.25) is 0 Å². The third-order valence-corrected chi connectivity index (χ3v) is 2.99. The summed E-state index contributed by atoms with van der Waals surface area (Å²) < 4.78 is 16.0.